The number of hydrogen-bond donors (Lipinski definition) is 5. The summed E-state index contributed by atoms with van der Waals surface area (Å²) in [4.78, 5) is 35.2. The molecule has 0 saturated carbocycles. The molecule has 0 aliphatic heterocycles. The molecule has 23 nitrogen and oxygen atoms in total. The van der Waals surface area contributed by atoms with Gasteiger partial charge in [0.15, 0.2) is 5.75 Å². The van der Waals surface area contributed by atoms with E-state index in [9.17, 15) is 33.7 Å². The number of hydrogen-bond acceptors (Lipinski definition) is 25. The van der Waals surface area contributed by atoms with Crippen molar-refractivity contribution in [3.8, 4) is 11.5 Å². The van der Waals surface area contributed by atoms with Crippen LogP contribution in [0.1, 0.15) is 34.9 Å². The third-order valence-electron chi connectivity index (χ3n) is 6.39. The molecule has 0 radical (unpaired) electrons. The summed E-state index contributed by atoms with van der Waals surface area (Å²) in [5, 5.41) is 60.2. The first-order valence-corrected chi connectivity index (χ1v) is 16.7. The largest absolute Gasteiger partial charge is 1.00 e. The van der Waals surface area contributed by atoms with Crippen LogP contribution < -0.4 is 115 Å². The summed E-state index contributed by atoms with van der Waals surface area (Å²) in [6.07, 6.45) is 0. The number of rotatable bonds is 13. The van der Waals surface area contributed by atoms with Crippen molar-refractivity contribution in [2.24, 2.45) is 0 Å². The third kappa shape index (κ3) is 11.1. The van der Waals surface area contributed by atoms with Gasteiger partial charge in [0.05, 0.1) is 56.0 Å². The molecule has 3 aromatic heterocycles. The molecular weight excluding hydrogens is 810 g/mol. The molecule has 5 rings (SSSR count). The predicted molar refractivity (Wildman–Crippen MR) is 169 cm³/mol. The summed E-state index contributed by atoms with van der Waals surface area (Å²) >= 11 is 0.342. The Bertz CT molecular complexity index is 2220. The summed E-state index contributed by atoms with van der Waals surface area (Å²) < 4.78 is 47.9. The SMILES string of the molecule is Cc1nc(C)nc(Nc2c(S(=O)(=O)[O-])c(O)c3c(Nc4nc(C)nc(C)n4)c(SOO[O-])c(SOO[O-])c(Nc4nc(C)nc(C)n4)c3c2O)n1.[Na+].[Na+].[Na+]. The molecule has 0 aliphatic rings. The van der Waals surface area contributed by atoms with Gasteiger partial charge < -0.3 is 41.2 Å². The normalized spacial score (nSPS) is 11.0. The quantitative estimate of drug-likeness (QED) is 0.0140. The van der Waals surface area contributed by atoms with E-state index in [1.54, 1.807) is 13.8 Å². The Kier molecular flexibility index (Phi) is 18.3. The smallest absolute Gasteiger partial charge is 0.744 e. The molecule has 270 valence electrons. The van der Waals surface area contributed by atoms with E-state index in [1.165, 1.54) is 27.7 Å². The van der Waals surface area contributed by atoms with Crippen molar-refractivity contribution in [3.05, 3.63) is 34.9 Å². The van der Waals surface area contributed by atoms with Gasteiger partial charge >= 0.3 is 88.7 Å². The van der Waals surface area contributed by atoms with Crippen molar-refractivity contribution in [1.29, 1.82) is 0 Å². The fourth-order valence-corrected chi connectivity index (χ4v) is 6.81. The van der Waals surface area contributed by atoms with Gasteiger partial charge in [0, 0.05) is 0 Å². The van der Waals surface area contributed by atoms with E-state index < -0.39 is 48.7 Å². The van der Waals surface area contributed by atoms with Crippen LogP contribution >= 0.6 is 24.1 Å². The van der Waals surface area contributed by atoms with Gasteiger partial charge in [0.2, 0.25) is 17.8 Å². The minimum absolute atomic E-state index is 0. The second kappa shape index (κ2) is 20.5. The van der Waals surface area contributed by atoms with Gasteiger partial charge in [-0.1, -0.05) is 0 Å². The zero-order valence-electron chi connectivity index (χ0n) is 29.8. The zero-order chi connectivity index (χ0) is 37.2. The number of phenols is 2. The Hall–Kier alpha value is -1.90. The van der Waals surface area contributed by atoms with Crippen molar-refractivity contribution >= 4 is 79.9 Å². The third-order valence-corrected chi connectivity index (χ3v) is 8.81. The van der Waals surface area contributed by atoms with Crippen LogP contribution in [0, 0.1) is 41.5 Å². The minimum Gasteiger partial charge on any atom is -0.744 e. The fourth-order valence-electron chi connectivity index (χ4n) is 4.85. The van der Waals surface area contributed by atoms with Gasteiger partial charge in [-0.05, 0) is 41.5 Å². The Balaban J connectivity index is 0.00000336. The first kappa shape index (κ1) is 48.2. The van der Waals surface area contributed by atoms with Crippen molar-refractivity contribution in [1.82, 2.24) is 44.9 Å². The van der Waals surface area contributed by atoms with Gasteiger partial charge in [-0.2, -0.15) is 38.6 Å². The molecular formula is C25H23N12Na3O11S3. The molecule has 54 heavy (non-hydrogen) atoms. The Morgan fingerprint density at radius 1 is 0.537 bits per heavy atom. The summed E-state index contributed by atoms with van der Waals surface area (Å²) in [6, 6.07) is 0. The number of aryl methyl sites for hydroxylation is 6. The van der Waals surface area contributed by atoms with E-state index in [-0.39, 0.29) is 181 Å². The first-order valence-electron chi connectivity index (χ1n) is 13.8. The maximum Gasteiger partial charge on any atom is 1.00 e. The average Bonchev–Trinajstić information content (AvgIpc) is 3.00. The molecule has 5 aromatic rings. The van der Waals surface area contributed by atoms with Crippen molar-refractivity contribution < 1.29 is 141 Å². The molecule has 0 unspecified atom stereocenters. The molecule has 0 fully saturated rings. The second-order valence-electron chi connectivity index (χ2n) is 10.1. The van der Waals surface area contributed by atoms with Crippen molar-refractivity contribution in [3.63, 3.8) is 0 Å². The van der Waals surface area contributed by atoms with Crippen molar-refractivity contribution in [2.45, 2.75) is 56.2 Å². The molecule has 0 atom stereocenters. The van der Waals surface area contributed by atoms with Gasteiger partial charge in [-0.3, -0.25) is 10.1 Å². The molecule has 5 N–H and O–H groups in total. The Labute approximate surface area is 380 Å². The monoisotopic (exact) mass is 832 g/mol. The summed E-state index contributed by atoms with van der Waals surface area (Å²) in [6.45, 7) is 9.15. The van der Waals surface area contributed by atoms with E-state index in [0.29, 0.717) is 0 Å². The number of benzene rings is 2. The number of anilines is 6. The molecule has 0 spiro atoms. The summed E-state index contributed by atoms with van der Waals surface area (Å²) in [5.41, 5.74) is -1.63. The molecule has 0 saturated heterocycles. The average molecular weight is 833 g/mol. The van der Waals surface area contributed by atoms with Crippen LogP contribution in [0.2, 0.25) is 0 Å². The zero-order valence-corrected chi connectivity index (χ0v) is 38.3. The fraction of sp³-hybridized carbons (Fsp3) is 0.240. The van der Waals surface area contributed by atoms with E-state index in [4.69, 9.17) is 0 Å². The number of fused-ring (bicyclic) bond motifs is 1. The van der Waals surface area contributed by atoms with Gasteiger partial charge in [-0.15, -0.1) is 0 Å². The van der Waals surface area contributed by atoms with E-state index >= 15 is 0 Å². The first-order chi connectivity index (χ1) is 24.1. The van der Waals surface area contributed by atoms with Crippen LogP contribution in [-0.2, 0) is 28.9 Å². The molecule has 0 aliphatic carbocycles. The van der Waals surface area contributed by atoms with Gasteiger partial charge in [0.1, 0.15) is 61.4 Å². The Morgan fingerprint density at radius 2 is 0.833 bits per heavy atom. The molecule has 0 bridgehead atoms. The van der Waals surface area contributed by atoms with Crippen LogP contribution in [-0.4, -0.2) is 68.0 Å². The summed E-state index contributed by atoms with van der Waals surface area (Å²) in [5.74, 6) is -1.73. The van der Waals surface area contributed by atoms with Gasteiger partial charge in [-0.25, -0.2) is 23.4 Å². The van der Waals surface area contributed by atoms with E-state index in [0.717, 1.165) is 0 Å². The van der Waals surface area contributed by atoms with E-state index in [1.807, 2.05) is 0 Å². The van der Waals surface area contributed by atoms with Crippen LogP contribution in [0.25, 0.3) is 10.8 Å². The summed E-state index contributed by atoms with van der Waals surface area (Å²) in [7, 11) is -5.68. The van der Waals surface area contributed by atoms with Gasteiger partial charge in [0.25, 0.3) is 0 Å². The molecule has 3 heterocycles. The standard InChI is InChI=1S/C25H26N12O11S3.3Na/c1-7-26-8(2)30-23(29-7)35-15-13-14(19(39)22(51(42,43)44)17(18(13)38)37-25-33-11(5)28-12(6)34-25)16(36-24-31-9(3)27-10(4)32-24)21(50-48-46-41)20(15)49-47-45-40;;;/h38-41H,1-6H3,(H,42,43,44)(H,26,29,30,35)(H,27,31,32,36)(H,28,33,34,37);;;/q;3*+1/p-3. The minimum atomic E-state index is -5.68. The molecule has 2 aromatic carbocycles. The number of nitrogens with one attached hydrogen (secondary N) is 3. The number of nitrogens with zero attached hydrogens (tertiary/aromatic N) is 9. The van der Waals surface area contributed by atoms with Crippen molar-refractivity contribution in [2.75, 3.05) is 16.0 Å². The molecule has 0 amide bonds. The topological polar surface area (TPSA) is 333 Å². The maximum absolute atomic E-state index is 12.9. The van der Waals surface area contributed by atoms with Crippen LogP contribution in [0.15, 0.2) is 14.7 Å². The second-order valence-corrected chi connectivity index (χ2v) is 12.8. The van der Waals surface area contributed by atoms with E-state index in [2.05, 4.69) is 79.6 Å². The Morgan fingerprint density at radius 3 is 1.13 bits per heavy atom. The maximum atomic E-state index is 12.9. The van der Waals surface area contributed by atoms with Crippen LogP contribution in [0.5, 0.6) is 11.5 Å². The number of phenolic OH excluding ortho intramolecular Hbond substituents is 2. The number of aromatic nitrogens is 9. The number of aromatic hydroxyl groups is 2. The molecule has 29 heteroatoms. The predicted octanol–water partition coefficient (Wildman–Crippen LogP) is -7.74. The van der Waals surface area contributed by atoms with Crippen LogP contribution in [0.3, 0.4) is 0 Å². The van der Waals surface area contributed by atoms with Crippen LogP contribution in [0.4, 0.5) is 34.9 Å².